The van der Waals surface area contributed by atoms with Crippen LogP contribution in [-0.2, 0) is 41.8 Å². The van der Waals surface area contributed by atoms with Crippen molar-refractivity contribution in [3.05, 3.63) is 102 Å². The number of hydrogen-bond acceptors (Lipinski definition) is 13. The number of carbonyl (C=O) groups excluding carboxylic acids is 3. The normalized spacial score (nSPS) is 12.8. The highest BCUT2D eigenvalue weighted by molar-refractivity contribution is 14.1. The molecule has 2 heterocycles. The SMILES string of the molecule is CC(C)(C)OC(=O)C[C@H](CCCOCc1ccccc1)c1noc(/C=N/O)c1I.CC(C)(C)OC(=O)C[C@H](CCCOCc1ccccc1)c1noc(C=O)c1I. The molecule has 4 rings (SSSR count). The zero-order chi connectivity index (χ0) is 41.8. The Balaban J connectivity index is 0.000000306. The van der Waals surface area contributed by atoms with Crippen LogP contribution in [0.1, 0.15) is 131 Å². The number of benzene rings is 2. The van der Waals surface area contributed by atoms with Crippen molar-refractivity contribution >= 4 is 69.6 Å². The first-order valence-electron chi connectivity index (χ1n) is 18.7. The van der Waals surface area contributed by atoms with E-state index in [2.05, 4.69) is 38.1 Å². The Labute approximate surface area is 361 Å². The maximum atomic E-state index is 12.4. The topological polar surface area (TPSA) is 173 Å². The fourth-order valence-electron chi connectivity index (χ4n) is 5.55. The van der Waals surface area contributed by atoms with Gasteiger partial charge in [-0.25, -0.2) is 0 Å². The molecule has 15 heteroatoms. The molecule has 0 spiro atoms. The van der Waals surface area contributed by atoms with Gasteiger partial charge in [-0.3, -0.25) is 14.4 Å². The third kappa shape index (κ3) is 18.2. The van der Waals surface area contributed by atoms with Gasteiger partial charge in [0.05, 0.1) is 33.2 Å². The van der Waals surface area contributed by atoms with E-state index in [9.17, 15) is 14.4 Å². The summed E-state index contributed by atoms with van der Waals surface area (Å²) in [4.78, 5) is 35.8. The number of ether oxygens (including phenoxy) is 4. The molecule has 2 atom stereocenters. The molecule has 0 aliphatic carbocycles. The standard InChI is InChI=1S/C21H27IN2O5.C21H26INO5/c1-21(2,3)28-18(25)12-16(20-19(22)17(13-23-26)29-24-20)10-7-11-27-14-15-8-5-4-6-9-15;1-21(2,3)27-18(25)12-16(20-19(22)17(13-24)28-23-20)10-7-11-26-14-15-8-5-4-6-9-15/h4-6,8-9,13,16,26H,7,10-12,14H2,1-3H3;4-6,8-9,13,16H,7,10-12,14H2,1-3H3/b23-13+;/t2*16-/m00/s1. The first kappa shape index (κ1) is 47.7. The lowest BCUT2D eigenvalue weighted by molar-refractivity contribution is -0.156. The Bertz CT molecular complexity index is 1830. The summed E-state index contributed by atoms with van der Waals surface area (Å²) in [5.41, 5.74) is 2.43. The second-order valence-electron chi connectivity index (χ2n) is 15.2. The van der Waals surface area contributed by atoms with Gasteiger partial charge in [-0.1, -0.05) is 76.1 Å². The minimum atomic E-state index is -0.550. The Morgan fingerprint density at radius 3 is 1.49 bits per heavy atom. The van der Waals surface area contributed by atoms with Crippen molar-refractivity contribution in [3.8, 4) is 0 Å². The summed E-state index contributed by atoms with van der Waals surface area (Å²) in [7, 11) is 0. The second kappa shape index (κ2) is 24.3. The van der Waals surface area contributed by atoms with Gasteiger partial charge in [0.1, 0.15) is 28.8 Å². The molecule has 4 aromatic rings. The van der Waals surface area contributed by atoms with Crippen LogP contribution in [0.15, 0.2) is 74.9 Å². The smallest absolute Gasteiger partial charge is 0.306 e. The molecule has 0 amide bonds. The number of carbonyl (C=O) groups is 3. The Morgan fingerprint density at radius 1 is 0.719 bits per heavy atom. The molecule has 1 N–H and O–H groups in total. The summed E-state index contributed by atoms with van der Waals surface area (Å²) in [6, 6.07) is 19.9. The number of oxime groups is 1. The van der Waals surface area contributed by atoms with Crippen molar-refractivity contribution < 1.29 is 47.6 Å². The Hall–Kier alpha value is -3.68. The molecule has 0 unspecified atom stereocenters. The molecule has 0 radical (unpaired) electrons. The molecule has 310 valence electrons. The molecule has 57 heavy (non-hydrogen) atoms. The number of aromatic nitrogens is 2. The summed E-state index contributed by atoms with van der Waals surface area (Å²) >= 11 is 4.12. The summed E-state index contributed by atoms with van der Waals surface area (Å²) in [5.74, 6) is -0.415. The Kier molecular flexibility index (Phi) is 20.3. The third-order valence-corrected chi connectivity index (χ3v) is 10.2. The molecule has 0 bridgehead atoms. The minimum Gasteiger partial charge on any atom is -0.460 e. The second-order valence-corrected chi connectivity index (χ2v) is 17.3. The maximum Gasteiger partial charge on any atom is 0.306 e. The quantitative estimate of drug-likeness (QED) is 0.0169. The van der Waals surface area contributed by atoms with Crippen molar-refractivity contribution in [2.24, 2.45) is 5.16 Å². The maximum absolute atomic E-state index is 12.4. The van der Waals surface area contributed by atoms with Crippen molar-refractivity contribution in [1.82, 2.24) is 10.3 Å². The minimum absolute atomic E-state index is 0.177. The van der Waals surface area contributed by atoms with Gasteiger partial charge in [0.25, 0.3) is 0 Å². The summed E-state index contributed by atoms with van der Waals surface area (Å²) in [5, 5.41) is 19.9. The lowest BCUT2D eigenvalue weighted by atomic mass is 9.95. The van der Waals surface area contributed by atoms with Crippen molar-refractivity contribution in [2.75, 3.05) is 13.2 Å². The molecule has 0 aliphatic rings. The molecule has 2 aromatic heterocycles. The van der Waals surface area contributed by atoms with Crippen LogP contribution >= 0.6 is 45.2 Å². The van der Waals surface area contributed by atoms with Gasteiger partial charge in [-0.2, -0.15) is 0 Å². The molecule has 0 aliphatic heterocycles. The number of rotatable bonds is 20. The van der Waals surface area contributed by atoms with E-state index in [0.29, 0.717) is 66.3 Å². The van der Waals surface area contributed by atoms with Gasteiger partial charge in [0.15, 0.2) is 12.0 Å². The monoisotopic (exact) mass is 1010 g/mol. The van der Waals surface area contributed by atoms with Crippen LogP contribution in [-0.4, -0.2) is 64.4 Å². The van der Waals surface area contributed by atoms with Gasteiger partial charge in [-0.05, 0) is 124 Å². The van der Waals surface area contributed by atoms with Crippen molar-refractivity contribution in [1.29, 1.82) is 0 Å². The summed E-state index contributed by atoms with van der Waals surface area (Å²) < 4.78 is 34.1. The van der Waals surface area contributed by atoms with E-state index < -0.39 is 11.2 Å². The molecular formula is C42H53I2N3O10. The number of nitrogens with zero attached hydrogens (tertiary/aromatic N) is 3. The first-order valence-corrected chi connectivity index (χ1v) is 20.9. The lowest BCUT2D eigenvalue weighted by Gasteiger charge is -2.21. The van der Waals surface area contributed by atoms with Gasteiger partial charge in [-0.15, -0.1) is 0 Å². The fourth-order valence-corrected chi connectivity index (χ4v) is 7.10. The van der Waals surface area contributed by atoms with E-state index in [1.54, 1.807) is 0 Å². The highest BCUT2D eigenvalue weighted by Crippen LogP contribution is 2.32. The van der Waals surface area contributed by atoms with Gasteiger partial charge in [0.2, 0.25) is 5.76 Å². The highest BCUT2D eigenvalue weighted by atomic mass is 127. The van der Waals surface area contributed by atoms with E-state index in [0.717, 1.165) is 27.5 Å². The average Bonchev–Trinajstić information content (AvgIpc) is 3.71. The predicted octanol–water partition coefficient (Wildman–Crippen LogP) is 9.80. The van der Waals surface area contributed by atoms with Crippen LogP contribution in [0.2, 0.25) is 0 Å². The largest absolute Gasteiger partial charge is 0.460 e. The summed E-state index contributed by atoms with van der Waals surface area (Å²) in [6.07, 6.45) is 5.05. The van der Waals surface area contributed by atoms with E-state index in [1.165, 1.54) is 6.21 Å². The van der Waals surface area contributed by atoms with Crippen molar-refractivity contribution in [2.45, 2.75) is 116 Å². The fraction of sp³-hybridized carbons (Fsp3) is 0.476. The first-order chi connectivity index (χ1) is 27.1. The Morgan fingerprint density at radius 2 is 1.12 bits per heavy atom. The highest BCUT2D eigenvalue weighted by Gasteiger charge is 2.28. The van der Waals surface area contributed by atoms with Gasteiger partial charge < -0.3 is 33.2 Å². The summed E-state index contributed by atoms with van der Waals surface area (Å²) in [6.45, 7) is 13.3. The van der Waals surface area contributed by atoms with E-state index in [-0.39, 0.29) is 42.4 Å². The molecule has 13 nitrogen and oxygen atoms in total. The zero-order valence-corrected chi connectivity index (χ0v) is 37.7. The van der Waals surface area contributed by atoms with Crippen LogP contribution in [0.5, 0.6) is 0 Å². The third-order valence-electron chi connectivity index (χ3n) is 7.99. The molecule has 0 saturated carbocycles. The zero-order valence-electron chi connectivity index (χ0n) is 33.4. The number of halogens is 2. The lowest BCUT2D eigenvalue weighted by Crippen LogP contribution is -2.25. The van der Waals surface area contributed by atoms with Crippen LogP contribution < -0.4 is 0 Å². The molecule has 0 fully saturated rings. The molecule has 2 aromatic carbocycles. The van der Waals surface area contributed by atoms with E-state index >= 15 is 0 Å². The van der Waals surface area contributed by atoms with Crippen LogP contribution in [0.3, 0.4) is 0 Å². The van der Waals surface area contributed by atoms with E-state index in [1.807, 2.05) is 125 Å². The molecule has 0 saturated heterocycles. The van der Waals surface area contributed by atoms with Crippen LogP contribution in [0.4, 0.5) is 0 Å². The number of aldehydes is 1. The number of hydrogen-bond donors (Lipinski definition) is 1. The average molecular weight is 1010 g/mol. The van der Waals surface area contributed by atoms with E-state index in [4.69, 9.17) is 33.2 Å². The molecular weight excluding hydrogens is 960 g/mol. The van der Waals surface area contributed by atoms with Crippen molar-refractivity contribution in [3.63, 3.8) is 0 Å². The predicted molar refractivity (Wildman–Crippen MR) is 230 cm³/mol. The van der Waals surface area contributed by atoms with Crippen LogP contribution in [0.25, 0.3) is 0 Å². The van der Waals surface area contributed by atoms with Gasteiger partial charge in [0, 0.05) is 25.0 Å². The van der Waals surface area contributed by atoms with Crippen LogP contribution in [0, 0.1) is 7.14 Å². The van der Waals surface area contributed by atoms with Gasteiger partial charge >= 0.3 is 11.9 Å². The number of esters is 2.